The van der Waals surface area contributed by atoms with Crippen LogP contribution in [-0.4, -0.2) is 64.0 Å². The van der Waals surface area contributed by atoms with Gasteiger partial charge in [-0.3, -0.25) is 4.79 Å². The van der Waals surface area contributed by atoms with Crippen LogP contribution >= 0.6 is 11.6 Å². The Bertz CT molecular complexity index is 603. The van der Waals surface area contributed by atoms with Crippen molar-refractivity contribution in [2.24, 2.45) is 0 Å². The van der Waals surface area contributed by atoms with Gasteiger partial charge in [-0.05, 0) is 12.8 Å². The zero-order valence-corrected chi connectivity index (χ0v) is 12.8. The molecule has 0 aromatic carbocycles. The average molecular weight is 337 g/mol. The fourth-order valence-electron chi connectivity index (χ4n) is 2.13. The second-order valence-corrected chi connectivity index (χ2v) is 7.72. The molecule has 1 aromatic heterocycles. The van der Waals surface area contributed by atoms with Gasteiger partial charge in [0, 0.05) is 12.8 Å². The third-order valence-corrected chi connectivity index (χ3v) is 5.49. The molecule has 2 rings (SSSR count). The molecule has 1 aromatic rings. The highest BCUT2D eigenvalue weighted by atomic mass is 35.5. The van der Waals surface area contributed by atoms with Crippen LogP contribution in [0.15, 0.2) is 6.20 Å². The first kappa shape index (κ1) is 16.2. The Morgan fingerprint density at radius 3 is 2.90 bits per heavy atom. The molecule has 1 aliphatic heterocycles. The fraction of sp³-hybridized carbons (Fsp3) is 0.727. The third-order valence-electron chi connectivity index (χ3n) is 3.11. The van der Waals surface area contributed by atoms with Crippen LogP contribution in [0.1, 0.15) is 12.1 Å². The number of aliphatic hydroxyl groups excluding tert-OH is 1. The van der Waals surface area contributed by atoms with Crippen LogP contribution in [0.25, 0.3) is 0 Å². The molecule has 1 aliphatic rings. The first-order valence-electron chi connectivity index (χ1n) is 6.53. The van der Waals surface area contributed by atoms with Crippen LogP contribution in [0, 0.1) is 0 Å². The van der Waals surface area contributed by atoms with E-state index in [1.165, 1.54) is 4.68 Å². The van der Waals surface area contributed by atoms with E-state index < -0.39 is 21.3 Å². The smallest absolute Gasteiger partial charge is 0.242 e. The Morgan fingerprint density at radius 1 is 1.52 bits per heavy atom. The molecule has 1 fully saturated rings. The monoisotopic (exact) mass is 336 g/mol. The lowest BCUT2D eigenvalue weighted by molar-refractivity contribution is -0.122. The van der Waals surface area contributed by atoms with Crippen LogP contribution in [-0.2, 0) is 27.6 Å². The molecule has 0 saturated carbocycles. The molecule has 0 spiro atoms. The quantitative estimate of drug-likeness (QED) is 0.626. The number of sulfone groups is 1. The maximum Gasteiger partial charge on any atom is 0.242 e. The number of aliphatic hydroxyl groups is 1. The summed E-state index contributed by atoms with van der Waals surface area (Å²) >= 11 is 5.92. The number of amides is 1. The molecule has 118 valence electrons. The number of nitrogens with one attached hydrogen (secondary N) is 1. The summed E-state index contributed by atoms with van der Waals surface area (Å²) in [5.74, 6) is -0.610. The van der Waals surface area contributed by atoms with Crippen LogP contribution in [0.4, 0.5) is 0 Å². The molecule has 1 saturated heterocycles. The van der Waals surface area contributed by atoms with Crippen molar-refractivity contribution in [2.75, 3.05) is 18.1 Å². The highest BCUT2D eigenvalue weighted by Gasteiger charge is 2.37. The molecule has 10 heteroatoms. The first-order valence-corrected chi connectivity index (χ1v) is 8.79. The summed E-state index contributed by atoms with van der Waals surface area (Å²) < 4.78 is 24.2. The zero-order chi connectivity index (χ0) is 15.5. The van der Waals surface area contributed by atoms with E-state index in [1.54, 1.807) is 6.20 Å². The summed E-state index contributed by atoms with van der Waals surface area (Å²) in [5, 5.41) is 18.4. The van der Waals surface area contributed by atoms with Crippen molar-refractivity contribution in [3.8, 4) is 0 Å². The van der Waals surface area contributed by atoms with Crippen molar-refractivity contribution in [2.45, 2.75) is 30.8 Å². The Labute approximate surface area is 127 Å². The number of alkyl halides is 1. The van der Waals surface area contributed by atoms with Crippen LogP contribution in [0.5, 0.6) is 0 Å². The van der Waals surface area contributed by atoms with Gasteiger partial charge >= 0.3 is 0 Å². The fourth-order valence-corrected chi connectivity index (χ4v) is 4.68. The Balaban J connectivity index is 1.86. The topological polar surface area (TPSA) is 114 Å². The predicted molar refractivity (Wildman–Crippen MR) is 75.7 cm³/mol. The molecule has 2 unspecified atom stereocenters. The van der Waals surface area contributed by atoms with E-state index in [1.807, 2.05) is 0 Å². The van der Waals surface area contributed by atoms with Crippen LogP contribution < -0.4 is 5.32 Å². The standard InChI is InChI=1S/C11H17ClN4O4S/c12-9-6-21(19,20)7-10(9)13-11(18)5-16-4-8(14-15-16)2-1-3-17/h4,9-10,17H,1-3,5-7H2,(H,13,18). The molecule has 1 amide bonds. The van der Waals surface area contributed by atoms with E-state index in [2.05, 4.69) is 15.6 Å². The number of hydrogen-bond acceptors (Lipinski definition) is 6. The number of rotatable bonds is 6. The van der Waals surface area contributed by atoms with Gasteiger partial charge in [0.25, 0.3) is 0 Å². The summed E-state index contributed by atoms with van der Waals surface area (Å²) in [5.41, 5.74) is 0.690. The van der Waals surface area contributed by atoms with Crippen LogP contribution in [0.2, 0.25) is 0 Å². The minimum absolute atomic E-state index is 0.0493. The van der Waals surface area contributed by atoms with Gasteiger partial charge in [-0.15, -0.1) is 16.7 Å². The molecule has 2 atom stereocenters. The number of halogens is 1. The van der Waals surface area contributed by atoms with E-state index in [4.69, 9.17) is 16.7 Å². The van der Waals surface area contributed by atoms with Crippen molar-refractivity contribution in [1.82, 2.24) is 20.3 Å². The SMILES string of the molecule is O=C(Cn1cc(CCCO)nn1)NC1CS(=O)(=O)CC1Cl. The highest BCUT2D eigenvalue weighted by Crippen LogP contribution is 2.17. The van der Waals surface area contributed by atoms with E-state index >= 15 is 0 Å². The van der Waals surface area contributed by atoms with Crippen molar-refractivity contribution >= 4 is 27.3 Å². The van der Waals surface area contributed by atoms with E-state index in [-0.39, 0.29) is 30.6 Å². The Kier molecular flexibility index (Phi) is 5.17. The number of carbonyl (C=O) groups is 1. The molecule has 8 nitrogen and oxygen atoms in total. The molecule has 0 aliphatic carbocycles. The molecule has 2 N–H and O–H groups in total. The minimum atomic E-state index is -3.17. The van der Waals surface area contributed by atoms with Crippen LogP contribution in [0.3, 0.4) is 0 Å². The van der Waals surface area contributed by atoms with Crippen molar-refractivity contribution in [3.05, 3.63) is 11.9 Å². The number of nitrogens with zero attached hydrogens (tertiary/aromatic N) is 3. The van der Waals surface area contributed by atoms with Crippen molar-refractivity contribution in [3.63, 3.8) is 0 Å². The van der Waals surface area contributed by atoms with Gasteiger partial charge in [0.05, 0.1) is 28.6 Å². The Hall–Kier alpha value is -1.19. The van der Waals surface area contributed by atoms with Crippen molar-refractivity contribution < 1.29 is 18.3 Å². The molecule has 0 radical (unpaired) electrons. The second-order valence-electron chi connectivity index (χ2n) is 5.00. The number of hydrogen-bond donors (Lipinski definition) is 2. The minimum Gasteiger partial charge on any atom is -0.396 e. The molecular formula is C11H17ClN4O4S. The van der Waals surface area contributed by atoms with E-state index in [9.17, 15) is 13.2 Å². The largest absolute Gasteiger partial charge is 0.396 e. The number of carbonyl (C=O) groups excluding carboxylic acids is 1. The maximum atomic E-state index is 11.9. The third kappa shape index (κ3) is 4.65. The lowest BCUT2D eigenvalue weighted by atomic mass is 10.2. The van der Waals surface area contributed by atoms with E-state index in [0.29, 0.717) is 18.5 Å². The van der Waals surface area contributed by atoms with Crippen molar-refractivity contribution in [1.29, 1.82) is 0 Å². The van der Waals surface area contributed by atoms with Gasteiger partial charge in [0.15, 0.2) is 9.84 Å². The van der Waals surface area contributed by atoms with Gasteiger partial charge in [-0.1, -0.05) is 5.21 Å². The Morgan fingerprint density at radius 2 is 2.29 bits per heavy atom. The number of aryl methyl sites for hydroxylation is 1. The molecule has 0 bridgehead atoms. The summed E-state index contributed by atoms with van der Waals surface area (Å²) in [6.45, 7) is 0.0207. The van der Waals surface area contributed by atoms with Gasteiger partial charge in [0.2, 0.25) is 5.91 Å². The zero-order valence-electron chi connectivity index (χ0n) is 11.3. The lowest BCUT2D eigenvalue weighted by Crippen LogP contribution is -2.42. The summed E-state index contributed by atoms with van der Waals surface area (Å²) in [4.78, 5) is 11.9. The van der Waals surface area contributed by atoms with Gasteiger partial charge in [-0.25, -0.2) is 13.1 Å². The maximum absolute atomic E-state index is 11.9. The van der Waals surface area contributed by atoms with Gasteiger partial charge < -0.3 is 10.4 Å². The second kappa shape index (κ2) is 6.71. The highest BCUT2D eigenvalue weighted by molar-refractivity contribution is 7.91. The molecule has 21 heavy (non-hydrogen) atoms. The number of aromatic nitrogens is 3. The summed E-state index contributed by atoms with van der Waals surface area (Å²) in [6.07, 6.45) is 2.79. The van der Waals surface area contributed by atoms with Gasteiger partial charge in [-0.2, -0.15) is 0 Å². The first-order chi connectivity index (χ1) is 9.89. The molecular weight excluding hydrogens is 320 g/mol. The normalized spacial score (nSPS) is 24.1. The molecule has 2 heterocycles. The summed E-state index contributed by atoms with van der Waals surface area (Å²) in [7, 11) is -3.17. The predicted octanol–water partition coefficient (Wildman–Crippen LogP) is -1.28. The lowest BCUT2D eigenvalue weighted by Gasteiger charge is -2.13. The average Bonchev–Trinajstić information content (AvgIpc) is 2.91. The van der Waals surface area contributed by atoms with E-state index in [0.717, 1.165) is 0 Å². The van der Waals surface area contributed by atoms with Gasteiger partial charge in [0.1, 0.15) is 6.54 Å². The summed E-state index contributed by atoms with van der Waals surface area (Å²) in [6, 6.07) is -0.568.